The highest BCUT2D eigenvalue weighted by Crippen LogP contribution is 2.28. The van der Waals surface area contributed by atoms with Crippen molar-refractivity contribution in [2.45, 2.75) is 6.92 Å². The molecule has 1 heterocycles. The lowest BCUT2D eigenvalue weighted by Gasteiger charge is -2.11. The van der Waals surface area contributed by atoms with Crippen LogP contribution in [0.2, 0.25) is 5.02 Å². The third-order valence-electron chi connectivity index (χ3n) is 3.55. The highest BCUT2D eigenvalue weighted by molar-refractivity contribution is 6.34. The van der Waals surface area contributed by atoms with Crippen molar-refractivity contribution in [2.24, 2.45) is 0 Å². The number of nitrogens with one attached hydrogen (secondary N) is 1. The number of ether oxygens (including phenoxy) is 1. The van der Waals surface area contributed by atoms with Crippen molar-refractivity contribution in [1.29, 1.82) is 0 Å². The van der Waals surface area contributed by atoms with Crippen molar-refractivity contribution in [3.63, 3.8) is 0 Å². The van der Waals surface area contributed by atoms with E-state index < -0.39 is 0 Å². The largest absolute Gasteiger partial charge is 0.494 e. The predicted octanol–water partition coefficient (Wildman–Crippen LogP) is 4.46. The zero-order valence-electron chi connectivity index (χ0n) is 12.8. The standard InChI is InChI=1S/C18H15ClN2O2/c1-11-7-8-12-13(9-10-16(23-2)17(12)20-11)18(22)21-15-6-4-3-5-14(15)19/h3-10H,1-2H3,(H,21,22). The van der Waals surface area contributed by atoms with Gasteiger partial charge in [-0.3, -0.25) is 4.79 Å². The number of nitrogens with zero attached hydrogens (tertiary/aromatic N) is 1. The molecule has 116 valence electrons. The molecule has 23 heavy (non-hydrogen) atoms. The Morgan fingerprint density at radius 2 is 1.91 bits per heavy atom. The topological polar surface area (TPSA) is 51.2 Å². The number of para-hydroxylation sites is 1. The number of amides is 1. The quantitative estimate of drug-likeness (QED) is 0.773. The van der Waals surface area contributed by atoms with E-state index in [1.165, 1.54) is 0 Å². The number of benzene rings is 2. The minimum Gasteiger partial charge on any atom is -0.494 e. The molecule has 0 bridgehead atoms. The lowest BCUT2D eigenvalue weighted by atomic mass is 10.1. The van der Waals surface area contributed by atoms with Gasteiger partial charge in [0.2, 0.25) is 0 Å². The molecule has 5 heteroatoms. The van der Waals surface area contributed by atoms with Crippen LogP contribution in [0.25, 0.3) is 10.9 Å². The van der Waals surface area contributed by atoms with Crippen LogP contribution in [-0.2, 0) is 0 Å². The highest BCUT2D eigenvalue weighted by Gasteiger charge is 2.15. The Hall–Kier alpha value is -2.59. The van der Waals surface area contributed by atoms with Gasteiger partial charge in [0.25, 0.3) is 5.91 Å². The molecular weight excluding hydrogens is 312 g/mol. The molecule has 0 aliphatic carbocycles. The Morgan fingerprint density at radius 3 is 2.65 bits per heavy atom. The van der Waals surface area contributed by atoms with Gasteiger partial charge in [0, 0.05) is 16.6 Å². The third-order valence-corrected chi connectivity index (χ3v) is 3.88. The summed E-state index contributed by atoms with van der Waals surface area (Å²) < 4.78 is 5.34. The fourth-order valence-electron chi connectivity index (χ4n) is 2.40. The lowest BCUT2D eigenvalue weighted by molar-refractivity contribution is 0.102. The molecule has 3 aromatic rings. The second kappa shape index (κ2) is 6.26. The number of anilines is 1. The van der Waals surface area contributed by atoms with E-state index >= 15 is 0 Å². The molecule has 1 amide bonds. The van der Waals surface area contributed by atoms with E-state index in [4.69, 9.17) is 16.3 Å². The summed E-state index contributed by atoms with van der Waals surface area (Å²) in [5, 5.41) is 4.06. The first kappa shape index (κ1) is 15.3. The minimum atomic E-state index is -0.239. The van der Waals surface area contributed by atoms with Crippen LogP contribution in [-0.4, -0.2) is 18.0 Å². The highest BCUT2D eigenvalue weighted by atomic mass is 35.5. The fraction of sp³-hybridized carbons (Fsp3) is 0.111. The number of aromatic nitrogens is 1. The van der Waals surface area contributed by atoms with Gasteiger partial charge in [0.15, 0.2) is 0 Å². The van der Waals surface area contributed by atoms with Crippen LogP contribution >= 0.6 is 11.6 Å². The molecule has 4 nitrogen and oxygen atoms in total. The number of rotatable bonds is 3. The van der Waals surface area contributed by atoms with Crippen LogP contribution in [0.3, 0.4) is 0 Å². The van der Waals surface area contributed by atoms with Gasteiger partial charge in [-0.1, -0.05) is 29.8 Å². The molecule has 0 radical (unpaired) electrons. The van der Waals surface area contributed by atoms with Gasteiger partial charge < -0.3 is 10.1 Å². The molecule has 0 unspecified atom stereocenters. The summed E-state index contributed by atoms with van der Waals surface area (Å²) in [6.07, 6.45) is 0. The number of pyridine rings is 1. The SMILES string of the molecule is COc1ccc(C(=O)Nc2ccccc2Cl)c2ccc(C)nc12. The molecule has 0 aliphatic rings. The number of hydrogen-bond acceptors (Lipinski definition) is 3. The Balaban J connectivity index is 2.06. The molecular formula is C18H15ClN2O2. The number of aryl methyl sites for hydroxylation is 1. The maximum atomic E-state index is 12.6. The number of halogens is 1. The second-order valence-corrected chi connectivity index (χ2v) is 5.51. The number of carbonyl (C=O) groups excluding carboxylic acids is 1. The first-order chi connectivity index (χ1) is 11.1. The number of carbonyl (C=O) groups is 1. The van der Waals surface area contributed by atoms with Crippen LogP contribution in [0.5, 0.6) is 5.75 Å². The van der Waals surface area contributed by atoms with Gasteiger partial charge in [-0.2, -0.15) is 0 Å². The molecule has 0 atom stereocenters. The smallest absolute Gasteiger partial charge is 0.256 e. The van der Waals surface area contributed by atoms with Crippen molar-refractivity contribution in [1.82, 2.24) is 4.98 Å². The molecule has 3 rings (SSSR count). The van der Waals surface area contributed by atoms with Crippen LogP contribution in [0.15, 0.2) is 48.5 Å². The Kier molecular flexibility index (Phi) is 4.17. The van der Waals surface area contributed by atoms with Gasteiger partial charge in [-0.15, -0.1) is 0 Å². The number of hydrogen-bond donors (Lipinski definition) is 1. The molecule has 0 saturated heterocycles. The van der Waals surface area contributed by atoms with Crippen molar-refractivity contribution in [3.05, 3.63) is 64.8 Å². The third kappa shape index (κ3) is 2.98. The van der Waals surface area contributed by atoms with E-state index in [9.17, 15) is 4.79 Å². The maximum absolute atomic E-state index is 12.6. The van der Waals surface area contributed by atoms with Crippen molar-refractivity contribution in [2.75, 3.05) is 12.4 Å². The summed E-state index contributed by atoms with van der Waals surface area (Å²) in [6, 6.07) is 14.3. The summed E-state index contributed by atoms with van der Waals surface area (Å²) in [5.41, 5.74) is 2.62. The first-order valence-electron chi connectivity index (χ1n) is 7.10. The van der Waals surface area contributed by atoms with Crippen molar-refractivity contribution >= 4 is 34.1 Å². The van der Waals surface area contributed by atoms with E-state index in [1.807, 2.05) is 31.2 Å². The van der Waals surface area contributed by atoms with Crippen LogP contribution < -0.4 is 10.1 Å². The molecule has 1 aromatic heterocycles. The summed E-state index contributed by atoms with van der Waals surface area (Å²) >= 11 is 6.10. The van der Waals surface area contributed by atoms with Crippen LogP contribution in [0.4, 0.5) is 5.69 Å². The van der Waals surface area contributed by atoms with Crippen LogP contribution in [0, 0.1) is 6.92 Å². The fourth-order valence-corrected chi connectivity index (χ4v) is 2.59. The average molecular weight is 327 g/mol. The Bertz CT molecular complexity index is 893. The van der Waals surface area contributed by atoms with Gasteiger partial charge in [0.1, 0.15) is 11.3 Å². The molecule has 2 aromatic carbocycles. The van der Waals surface area contributed by atoms with Gasteiger partial charge >= 0.3 is 0 Å². The monoisotopic (exact) mass is 326 g/mol. The summed E-state index contributed by atoms with van der Waals surface area (Å²) in [6.45, 7) is 1.90. The zero-order valence-corrected chi connectivity index (χ0v) is 13.5. The van der Waals surface area contributed by atoms with E-state index in [0.717, 1.165) is 11.1 Å². The van der Waals surface area contributed by atoms with Crippen molar-refractivity contribution in [3.8, 4) is 5.75 Å². The minimum absolute atomic E-state index is 0.239. The summed E-state index contributed by atoms with van der Waals surface area (Å²) in [5.74, 6) is 0.398. The van der Waals surface area contributed by atoms with E-state index in [2.05, 4.69) is 10.3 Å². The molecule has 0 aliphatic heterocycles. The van der Waals surface area contributed by atoms with E-state index in [1.54, 1.807) is 31.4 Å². The maximum Gasteiger partial charge on any atom is 0.256 e. The van der Waals surface area contributed by atoms with E-state index in [0.29, 0.717) is 27.5 Å². The summed E-state index contributed by atoms with van der Waals surface area (Å²) in [4.78, 5) is 17.1. The average Bonchev–Trinajstić information content (AvgIpc) is 2.55. The molecule has 0 fully saturated rings. The number of fused-ring (bicyclic) bond motifs is 1. The van der Waals surface area contributed by atoms with Crippen LogP contribution in [0.1, 0.15) is 16.1 Å². The van der Waals surface area contributed by atoms with Gasteiger partial charge in [-0.05, 0) is 37.3 Å². The first-order valence-corrected chi connectivity index (χ1v) is 7.48. The van der Waals surface area contributed by atoms with Gasteiger partial charge in [0.05, 0.1) is 17.8 Å². The Morgan fingerprint density at radius 1 is 1.13 bits per heavy atom. The molecule has 0 saturated carbocycles. The predicted molar refractivity (Wildman–Crippen MR) is 92.4 cm³/mol. The lowest BCUT2D eigenvalue weighted by Crippen LogP contribution is -2.13. The Labute approximate surface area is 139 Å². The normalized spacial score (nSPS) is 10.6. The zero-order chi connectivity index (χ0) is 16.4. The number of methoxy groups -OCH3 is 1. The summed E-state index contributed by atoms with van der Waals surface area (Å²) in [7, 11) is 1.59. The van der Waals surface area contributed by atoms with E-state index in [-0.39, 0.29) is 5.91 Å². The second-order valence-electron chi connectivity index (χ2n) is 5.10. The molecule has 1 N–H and O–H groups in total. The molecule has 0 spiro atoms. The van der Waals surface area contributed by atoms with Crippen molar-refractivity contribution < 1.29 is 9.53 Å². The van der Waals surface area contributed by atoms with Gasteiger partial charge in [-0.25, -0.2) is 4.98 Å².